The molecular weight excluding hydrogens is 272 g/mol. The highest BCUT2D eigenvalue weighted by molar-refractivity contribution is 5.95. The van der Waals surface area contributed by atoms with Crippen LogP contribution < -0.4 is 10.2 Å². The molecule has 1 aliphatic rings. The lowest BCUT2D eigenvalue weighted by Crippen LogP contribution is -2.32. The molecule has 1 aliphatic heterocycles. The lowest BCUT2D eigenvalue weighted by atomic mass is 10.1. The molecule has 0 unspecified atom stereocenters. The average Bonchev–Trinajstić information content (AvgIpc) is 2.99. The summed E-state index contributed by atoms with van der Waals surface area (Å²) in [4.78, 5) is 14.3. The Balaban J connectivity index is 1.40. The average molecular weight is 294 g/mol. The summed E-state index contributed by atoms with van der Waals surface area (Å²) in [5, 5.41) is 3.36. The Labute approximate surface area is 132 Å². The lowest BCUT2D eigenvalue weighted by Gasteiger charge is -2.17. The number of nitrogens with zero attached hydrogens (tertiary/aromatic N) is 1. The second kappa shape index (κ2) is 7.23. The van der Waals surface area contributed by atoms with Crippen LogP contribution >= 0.6 is 0 Å². The van der Waals surface area contributed by atoms with Gasteiger partial charge >= 0.3 is 0 Å². The number of nitrogens with one attached hydrogen (secondary N) is 1. The zero-order chi connectivity index (χ0) is 15.2. The van der Waals surface area contributed by atoms with Crippen LogP contribution in [0.4, 0.5) is 5.69 Å². The number of hydrogen-bond donors (Lipinski definition) is 1. The molecule has 1 N–H and O–H groups in total. The number of carbonyl (C=O) groups excluding carboxylic acids is 1. The predicted octanol–water partition coefficient (Wildman–Crippen LogP) is 2.80. The molecule has 0 spiro atoms. The van der Waals surface area contributed by atoms with Crippen molar-refractivity contribution in [2.24, 2.45) is 0 Å². The molecule has 0 aliphatic carbocycles. The molecule has 0 fully saturated rings. The predicted molar refractivity (Wildman–Crippen MR) is 90.1 cm³/mol. The number of amides is 1. The summed E-state index contributed by atoms with van der Waals surface area (Å²) >= 11 is 0. The van der Waals surface area contributed by atoms with Gasteiger partial charge in [0.25, 0.3) is 0 Å². The Morgan fingerprint density at radius 3 is 2.64 bits per heavy atom. The summed E-state index contributed by atoms with van der Waals surface area (Å²) in [7, 11) is 0. The van der Waals surface area contributed by atoms with Crippen molar-refractivity contribution in [1.29, 1.82) is 0 Å². The molecule has 2 aromatic carbocycles. The van der Waals surface area contributed by atoms with E-state index in [4.69, 9.17) is 0 Å². The summed E-state index contributed by atoms with van der Waals surface area (Å²) in [6.45, 7) is 2.47. The normalized spacial score (nSPS) is 13.2. The van der Waals surface area contributed by atoms with Crippen LogP contribution in [0.3, 0.4) is 0 Å². The maximum absolute atomic E-state index is 12.3. The first kappa shape index (κ1) is 14.8. The number of benzene rings is 2. The van der Waals surface area contributed by atoms with Gasteiger partial charge in [-0.2, -0.15) is 0 Å². The van der Waals surface area contributed by atoms with Gasteiger partial charge in [-0.1, -0.05) is 48.5 Å². The summed E-state index contributed by atoms with van der Waals surface area (Å²) in [6.07, 6.45) is 2.54. The topological polar surface area (TPSA) is 32.3 Å². The van der Waals surface area contributed by atoms with E-state index in [0.717, 1.165) is 38.2 Å². The number of fused-ring (bicyclic) bond motifs is 1. The Kier molecular flexibility index (Phi) is 4.86. The molecule has 3 nitrogen and oxygen atoms in total. The van der Waals surface area contributed by atoms with E-state index in [-0.39, 0.29) is 5.91 Å². The smallest absolute Gasteiger partial charge is 0.228 e. The van der Waals surface area contributed by atoms with Crippen LogP contribution in [0.25, 0.3) is 0 Å². The van der Waals surface area contributed by atoms with Gasteiger partial charge in [0.05, 0.1) is 0 Å². The molecule has 3 heteroatoms. The number of rotatable bonds is 6. The van der Waals surface area contributed by atoms with Crippen LogP contribution in [-0.4, -0.2) is 25.5 Å². The number of anilines is 1. The minimum absolute atomic E-state index is 0.220. The van der Waals surface area contributed by atoms with E-state index in [9.17, 15) is 4.79 Å². The third-order valence-corrected chi connectivity index (χ3v) is 4.14. The number of carbonyl (C=O) groups is 1. The van der Waals surface area contributed by atoms with Crippen LogP contribution in [-0.2, 0) is 17.6 Å². The molecule has 114 valence electrons. The Morgan fingerprint density at radius 1 is 1.00 bits per heavy atom. The van der Waals surface area contributed by atoms with Crippen LogP contribution in [0.1, 0.15) is 17.5 Å². The van der Waals surface area contributed by atoms with Crippen LogP contribution in [0, 0.1) is 0 Å². The van der Waals surface area contributed by atoms with E-state index in [1.165, 1.54) is 11.1 Å². The highest BCUT2D eigenvalue weighted by Crippen LogP contribution is 2.27. The van der Waals surface area contributed by atoms with Crippen molar-refractivity contribution in [2.45, 2.75) is 19.3 Å². The molecule has 3 rings (SSSR count). The van der Waals surface area contributed by atoms with Crippen LogP contribution in [0.2, 0.25) is 0 Å². The Morgan fingerprint density at radius 2 is 1.77 bits per heavy atom. The maximum Gasteiger partial charge on any atom is 0.228 e. The van der Waals surface area contributed by atoms with Gasteiger partial charge in [-0.05, 0) is 36.6 Å². The molecule has 0 radical (unpaired) electrons. The first-order chi connectivity index (χ1) is 10.8. The summed E-state index contributed by atoms with van der Waals surface area (Å²) in [5.74, 6) is 0.220. The van der Waals surface area contributed by atoms with Gasteiger partial charge in [-0.3, -0.25) is 4.79 Å². The molecule has 1 amide bonds. The van der Waals surface area contributed by atoms with E-state index in [1.54, 1.807) is 0 Å². The van der Waals surface area contributed by atoms with Gasteiger partial charge in [0.1, 0.15) is 0 Å². The first-order valence-electron chi connectivity index (χ1n) is 7.97. The zero-order valence-electron chi connectivity index (χ0n) is 12.8. The summed E-state index contributed by atoms with van der Waals surface area (Å²) < 4.78 is 0. The molecule has 0 atom stereocenters. The van der Waals surface area contributed by atoms with Gasteiger partial charge in [0.15, 0.2) is 0 Å². The SMILES string of the molecule is O=C(CCNCCc1ccccc1)N1CCc2ccccc21. The van der Waals surface area contributed by atoms with E-state index < -0.39 is 0 Å². The van der Waals surface area contributed by atoms with Gasteiger partial charge < -0.3 is 10.2 Å². The monoisotopic (exact) mass is 294 g/mol. The van der Waals surface area contributed by atoms with E-state index in [2.05, 4.69) is 35.6 Å². The van der Waals surface area contributed by atoms with Crippen molar-refractivity contribution >= 4 is 11.6 Å². The quantitative estimate of drug-likeness (QED) is 0.831. The van der Waals surface area contributed by atoms with E-state index in [0.29, 0.717) is 6.42 Å². The van der Waals surface area contributed by atoms with Crippen molar-refractivity contribution in [3.8, 4) is 0 Å². The minimum Gasteiger partial charge on any atom is -0.316 e. The molecule has 0 saturated heterocycles. The standard InChI is InChI=1S/C19H22N2O/c22-19(21-15-12-17-8-4-5-9-18(17)21)11-14-20-13-10-16-6-2-1-3-7-16/h1-9,20H,10-15H2. The molecular formula is C19H22N2O. The van der Waals surface area contributed by atoms with Crippen LogP contribution in [0.15, 0.2) is 54.6 Å². The Hall–Kier alpha value is -2.13. The first-order valence-corrected chi connectivity index (χ1v) is 7.97. The highest BCUT2D eigenvalue weighted by Gasteiger charge is 2.23. The fourth-order valence-corrected chi connectivity index (χ4v) is 2.93. The van der Waals surface area contributed by atoms with E-state index in [1.807, 2.05) is 29.2 Å². The van der Waals surface area contributed by atoms with Gasteiger partial charge in [0, 0.05) is 25.2 Å². The molecule has 0 aromatic heterocycles. The zero-order valence-corrected chi connectivity index (χ0v) is 12.8. The van der Waals surface area contributed by atoms with Gasteiger partial charge in [0.2, 0.25) is 5.91 Å². The second-order valence-electron chi connectivity index (χ2n) is 5.66. The summed E-state index contributed by atoms with van der Waals surface area (Å²) in [6, 6.07) is 18.6. The van der Waals surface area contributed by atoms with Gasteiger partial charge in [-0.25, -0.2) is 0 Å². The third-order valence-electron chi connectivity index (χ3n) is 4.14. The van der Waals surface area contributed by atoms with Crippen molar-refractivity contribution < 1.29 is 4.79 Å². The minimum atomic E-state index is 0.220. The van der Waals surface area contributed by atoms with Crippen molar-refractivity contribution in [3.63, 3.8) is 0 Å². The number of hydrogen-bond acceptors (Lipinski definition) is 2. The van der Waals surface area contributed by atoms with Crippen LogP contribution in [0.5, 0.6) is 0 Å². The second-order valence-corrected chi connectivity index (χ2v) is 5.66. The van der Waals surface area contributed by atoms with Crippen molar-refractivity contribution in [1.82, 2.24) is 5.32 Å². The molecule has 22 heavy (non-hydrogen) atoms. The lowest BCUT2D eigenvalue weighted by molar-refractivity contribution is -0.118. The van der Waals surface area contributed by atoms with Gasteiger partial charge in [-0.15, -0.1) is 0 Å². The largest absolute Gasteiger partial charge is 0.316 e. The molecule has 0 bridgehead atoms. The van der Waals surface area contributed by atoms with Crippen molar-refractivity contribution in [3.05, 3.63) is 65.7 Å². The molecule has 1 heterocycles. The fourth-order valence-electron chi connectivity index (χ4n) is 2.93. The maximum atomic E-state index is 12.3. The number of para-hydroxylation sites is 1. The third kappa shape index (κ3) is 3.55. The van der Waals surface area contributed by atoms with Crippen molar-refractivity contribution in [2.75, 3.05) is 24.5 Å². The molecule has 0 saturated carbocycles. The summed E-state index contributed by atoms with van der Waals surface area (Å²) in [5.41, 5.74) is 3.71. The van der Waals surface area contributed by atoms with E-state index >= 15 is 0 Å². The fraction of sp³-hybridized carbons (Fsp3) is 0.316. The highest BCUT2D eigenvalue weighted by atomic mass is 16.2. The molecule has 2 aromatic rings. The Bertz CT molecular complexity index is 624.